The number of hydrogen-bond acceptors (Lipinski definition) is 10. The molecule has 378 valence electrons. The van der Waals surface area contributed by atoms with Crippen LogP contribution in [0.15, 0.2) is 130 Å². The van der Waals surface area contributed by atoms with Gasteiger partial charge in [0.25, 0.3) is 5.91 Å². The normalized spacial score (nSPS) is 24.2. The maximum absolute atomic E-state index is 15.1. The lowest BCUT2D eigenvalue weighted by molar-refractivity contribution is -0.354. The van der Waals surface area contributed by atoms with E-state index < -0.39 is 28.0 Å². The first-order valence-corrected chi connectivity index (χ1v) is 26.7. The summed E-state index contributed by atoms with van der Waals surface area (Å²) in [4.78, 5) is 55.0. The van der Waals surface area contributed by atoms with Crippen molar-refractivity contribution >= 4 is 62.5 Å². The Hall–Kier alpha value is -6.81. The molecule has 2 fully saturated rings. The highest BCUT2D eigenvalue weighted by molar-refractivity contribution is 7.92. The lowest BCUT2D eigenvalue weighted by Gasteiger charge is -2.37. The van der Waals surface area contributed by atoms with Crippen molar-refractivity contribution in [1.82, 2.24) is 4.98 Å². The zero-order chi connectivity index (χ0) is 51.3. The Morgan fingerprint density at radius 3 is 1.94 bits per heavy atom. The van der Waals surface area contributed by atoms with Crippen molar-refractivity contribution in [2.24, 2.45) is 45.5 Å². The Morgan fingerprint density at radius 2 is 1.33 bits per heavy atom. The zero-order valence-electron chi connectivity index (χ0n) is 42.2. The molecule has 2 saturated carbocycles. The van der Waals surface area contributed by atoms with Crippen LogP contribution in [0.5, 0.6) is 0 Å². The fourth-order valence-electron chi connectivity index (χ4n) is 11.0. The van der Waals surface area contributed by atoms with Gasteiger partial charge in [-0.25, -0.2) is 28.0 Å². The molecule has 0 saturated heterocycles. The number of amides is 1. The van der Waals surface area contributed by atoms with Crippen LogP contribution in [-0.4, -0.2) is 67.6 Å². The second kappa shape index (κ2) is 22.3. The lowest BCUT2D eigenvalue weighted by atomic mass is 9.75. The van der Waals surface area contributed by atoms with E-state index in [0.29, 0.717) is 56.9 Å². The Kier molecular flexibility index (Phi) is 16.0. The van der Waals surface area contributed by atoms with Gasteiger partial charge in [-0.05, 0) is 115 Å². The largest absolute Gasteiger partial charge is 0.493 e. The summed E-state index contributed by atoms with van der Waals surface area (Å²) in [5.74, 6) is 0.454. The van der Waals surface area contributed by atoms with E-state index in [4.69, 9.17) is 19.5 Å². The van der Waals surface area contributed by atoms with Gasteiger partial charge in [-0.2, -0.15) is 4.99 Å². The van der Waals surface area contributed by atoms with Crippen LogP contribution < -0.4 is 15.4 Å². The lowest BCUT2D eigenvalue weighted by Crippen LogP contribution is -2.38. The number of aliphatic hydroxyl groups is 1. The van der Waals surface area contributed by atoms with Crippen molar-refractivity contribution in [2.45, 2.75) is 86.0 Å². The Bertz CT molecular complexity index is 3000. The molecule has 1 aromatic heterocycles. The summed E-state index contributed by atoms with van der Waals surface area (Å²) in [7, 11) is -1.85. The molecule has 4 unspecified atom stereocenters. The Labute approximate surface area is 423 Å². The third kappa shape index (κ3) is 12.1. The molecule has 4 atom stereocenters. The number of aliphatic imine (C=N–C) groups is 2. The number of benzene rings is 4. The number of H-pyrrole nitrogens is 1. The van der Waals surface area contributed by atoms with E-state index in [-0.39, 0.29) is 64.9 Å². The number of esters is 1. The summed E-state index contributed by atoms with van der Waals surface area (Å²) in [5.41, 5.74) is 5.57. The predicted molar refractivity (Wildman–Crippen MR) is 286 cm³/mol. The summed E-state index contributed by atoms with van der Waals surface area (Å²) in [6.45, 7) is 13.0. The van der Waals surface area contributed by atoms with Gasteiger partial charge in [0.05, 0.1) is 23.8 Å². The number of aromatic nitrogens is 1. The number of nitrogens with zero attached hydrogens (tertiary/aromatic N) is 2. The fraction of sp³-hybridized carbons (Fsp3) is 0.368. The van der Waals surface area contributed by atoms with E-state index >= 15 is 4.79 Å². The van der Waals surface area contributed by atoms with E-state index in [1.54, 1.807) is 49.5 Å². The van der Waals surface area contributed by atoms with Crippen LogP contribution in [0.3, 0.4) is 0 Å². The quantitative estimate of drug-likeness (QED) is 0.0223. The van der Waals surface area contributed by atoms with Gasteiger partial charge in [0.2, 0.25) is 15.9 Å². The first-order chi connectivity index (χ1) is 34.5. The maximum Gasteiger partial charge on any atom is 0.343 e. The number of allylic oxidation sites excluding steroid dienone is 1. The van der Waals surface area contributed by atoms with E-state index in [9.17, 15) is 18.3 Å². The Morgan fingerprint density at radius 1 is 0.764 bits per heavy atom. The Balaban J connectivity index is 1.31. The SMILES string of the molecule is CNc1cccc(C(=O)Nc2[nH]c(/C=C3\N=C(N=C(O)c4cccc(NS(C)(=O)=O)c4)C(C(=O)OC4C(C)CC(C)CC4C)=C3c3ccccc3)c(-c3ccccc3)c2COOC2C(C)CC(C)CC2C)c1. The highest BCUT2D eigenvalue weighted by Gasteiger charge is 2.39. The number of aromatic amines is 1. The fourth-order valence-corrected chi connectivity index (χ4v) is 11.6. The van der Waals surface area contributed by atoms with Gasteiger partial charge in [-0.3, -0.25) is 9.52 Å². The first kappa shape index (κ1) is 51.5. The second-order valence-electron chi connectivity index (χ2n) is 20.1. The van der Waals surface area contributed by atoms with Crippen molar-refractivity contribution in [2.75, 3.05) is 28.7 Å². The highest BCUT2D eigenvalue weighted by Crippen LogP contribution is 2.43. The molecule has 2 aliphatic carbocycles. The van der Waals surface area contributed by atoms with Crippen molar-refractivity contribution in [3.63, 3.8) is 0 Å². The van der Waals surface area contributed by atoms with E-state index in [1.165, 1.54) is 6.07 Å². The van der Waals surface area contributed by atoms with E-state index in [2.05, 4.69) is 66.9 Å². The average Bonchev–Trinajstić information content (AvgIpc) is 3.87. The van der Waals surface area contributed by atoms with Crippen molar-refractivity contribution < 1.29 is 37.6 Å². The van der Waals surface area contributed by atoms with Crippen LogP contribution in [0, 0.1) is 35.5 Å². The highest BCUT2D eigenvalue weighted by atomic mass is 32.2. The number of aliphatic hydroxyl groups excluding tert-OH is 1. The van der Waals surface area contributed by atoms with Gasteiger partial charge in [-0.1, -0.05) is 114 Å². The third-order valence-corrected chi connectivity index (χ3v) is 14.6. The van der Waals surface area contributed by atoms with Crippen molar-refractivity contribution in [3.05, 3.63) is 148 Å². The molecule has 14 nitrogen and oxygen atoms in total. The number of sulfonamides is 1. The predicted octanol–water partition coefficient (Wildman–Crippen LogP) is 11.7. The molecule has 2 heterocycles. The number of rotatable bonds is 15. The zero-order valence-corrected chi connectivity index (χ0v) is 43.0. The molecule has 8 rings (SSSR count). The van der Waals surface area contributed by atoms with Gasteiger partial charge in [-0.15, -0.1) is 0 Å². The minimum atomic E-state index is -3.64. The molecule has 72 heavy (non-hydrogen) atoms. The standard InChI is InChI=1S/C57H66N6O8S/c1-33-25-35(3)51(36(4)26-33)70-57(66)50-49(40-19-13-10-14-20-40)47(60-54(50)62-56(65)42-22-16-24-44(30-42)63-72(8,67)68)31-46-48(39-17-11-9-12-18-39)45(32-69-71-52-37(5)27-34(2)28-38(52)6)53(59-46)61-55(64)41-21-15-23-43(29-41)58-7/h9-24,29-31,33-38,51-52,58-59,63H,25-28,32H2,1-8H3,(H,61,64)(H,60,62,65)/b47-31-. The number of ether oxygens (including phenoxy) is 1. The smallest absolute Gasteiger partial charge is 0.343 e. The molecule has 5 N–H and O–H groups in total. The van der Waals surface area contributed by atoms with Crippen molar-refractivity contribution in [1.29, 1.82) is 0 Å². The summed E-state index contributed by atoms with van der Waals surface area (Å²) in [5, 5.41) is 18.0. The number of amidine groups is 1. The van der Waals surface area contributed by atoms with Crippen LogP contribution in [0.2, 0.25) is 0 Å². The minimum Gasteiger partial charge on any atom is -0.493 e. The van der Waals surface area contributed by atoms with E-state index in [0.717, 1.165) is 43.2 Å². The summed E-state index contributed by atoms with van der Waals surface area (Å²) in [6, 6.07) is 32.4. The molecule has 0 bridgehead atoms. The monoisotopic (exact) mass is 994 g/mol. The molecule has 3 aliphatic rings. The van der Waals surface area contributed by atoms with Crippen LogP contribution in [0.4, 0.5) is 17.2 Å². The van der Waals surface area contributed by atoms with Crippen LogP contribution in [0.25, 0.3) is 22.8 Å². The number of hydrogen-bond donors (Lipinski definition) is 5. The van der Waals surface area contributed by atoms with Gasteiger partial charge < -0.3 is 25.5 Å². The molecule has 0 radical (unpaired) electrons. The number of carbonyl (C=O) groups is 2. The minimum absolute atomic E-state index is 0.0372. The molecule has 4 aromatic carbocycles. The first-order valence-electron chi connectivity index (χ1n) is 24.8. The topological polar surface area (TPSA) is 193 Å². The van der Waals surface area contributed by atoms with Crippen LogP contribution in [0.1, 0.15) is 100.0 Å². The number of carbonyl (C=O) groups excluding carboxylic acids is 2. The summed E-state index contributed by atoms with van der Waals surface area (Å²) < 4.78 is 33.3. The maximum atomic E-state index is 15.1. The van der Waals surface area contributed by atoms with Crippen molar-refractivity contribution in [3.8, 4) is 11.1 Å². The molecule has 1 amide bonds. The summed E-state index contributed by atoms with van der Waals surface area (Å²) >= 11 is 0. The molecular weight excluding hydrogens is 929 g/mol. The van der Waals surface area contributed by atoms with Crippen LogP contribution >= 0.6 is 0 Å². The second-order valence-corrected chi connectivity index (χ2v) is 21.9. The number of nitrogens with one attached hydrogen (secondary N) is 4. The van der Waals surface area contributed by atoms with Crippen LogP contribution in [-0.2, 0) is 35.9 Å². The average molecular weight is 995 g/mol. The number of anilines is 3. The van der Waals surface area contributed by atoms with E-state index in [1.807, 2.05) is 66.7 Å². The third-order valence-electron chi connectivity index (χ3n) is 14.0. The molecule has 5 aromatic rings. The molecule has 1 aliphatic heterocycles. The summed E-state index contributed by atoms with van der Waals surface area (Å²) in [6.07, 6.45) is 6.12. The van der Waals surface area contributed by atoms with Gasteiger partial charge in [0.15, 0.2) is 5.84 Å². The van der Waals surface area contributed by atoms with Gasteiger partial charge in [0, 0.05) is 46.2 Å². The molecular formula is C57H66N6O8S. The molecule has 15 heteroatoms. The van der Waals surface area contributed by atoms with Gasteiger partial charge in [0.1, 0.15) is 24.1 Å². The van der Waals surface area contributed by atoms with Gasteiger partial charge >= 0.3 is 5.97 Å². The molecule has 0 spiro atoms.